The lowest BCUT2D eigenvalue weighted by atomic mass is 9.84. The van der Waals surface area contributed by atoms with E-state index in [0.29, 0.717) is 19.2 Å². The van der Waals surface area contributed by atoms with Crippen molar-refractivity contribution >= 4 is 0 Å². The minimum atomic E-state index is -0.404. The standard InChI is InChI=1S/C15H34N2O2/c1-7-8-15(4,11-16-13(2)3)12-17(5)9-14(18)10-19-6/h13-14,16,18H,7-12H2,1-6H3. The number of aliphatic hydroxyl groups is 1. The molecule has 0 heterocycles. The molecule has 4 heteroatoms. The average molecular weight is 274 g/mol. The van der Waals surface area contributed by atoms with Crippen LogP contribution in [0.5, 0.6) is 0 Å². The van der Waals surface area contributed by atoms with Crippen molar-refractivity contribution < 1.29 is 9.84 Å². The van der Waals surface area contributed by atoms with E-state index in [1.807, 2.05) is 0 Å². The van der Waals surface area contributed by atoms with Gasteiger partial charge in [-0.3, -0.25) is 0 Å². The molecule has 0 radical (unpaired) electrons. The molecule has 0 aromatic carbocycles. The van der Waals surface area contributed by atoms with Crippen molar-refractivity contribution in [1.29, 1.82) is 0 Å². The second-order valence-corrected chi connectivity index (χ2v) is 6.40. The summed E-state index contributed by atoms with van der Waals surface area (Å²) in [6, 6.07) is 0.514. The molecule has 2 N–H and O–H groups in total. The van der Waals surface area contributed by atoms with Gasteiger partial charge in [-0.05, 0) is 18.9 Å². The van der Waals surface area contributed by atoms with Crippen LogP contribution in [-0.2, 0) is 4.74 Å². The number of hydrogen-bond donors (Lipinski definition) is 2. The number of rotatable bonds is 11. The van der Waals surface area contributed by atoms with Crippen LogP contribution in [0, 0.1) is 5.41 Å². The van der Waals surface area contributed by atoms with Crippen molar-refractivity contribution in [2.45, 2.75) is 52.7 Å². The van der Waals surface area contributed by atoms with E-state index in [0.717, 1.165) is 13.1 Å². The van der Waals surface area contributed by atoms with Crippen LogP contribution in [0.3, 0.4) is 0 Å². The summed E-state index contributed by atoms with van der Waals surface area (Å²) < 4.78 is 4.97. The van der Waals surface area contributed by atoms with Gasteiger partial charge in [-0.15, -0.1) is 0 Å². The Labute approximate surface area is 119 Å². The van der Waals surface area contributed by atoms with Gasteiger partial charge in [0.1, 0.15) is 0 Å². The van der Waals surface area contributed by atoms with Crippen LogP contribution in [0.1, 0.15) is 40.5 Å². The molecule has 0 saturated carbocycles. The molecule has 0 rings (SSSR count). The molecule has 0 bridgehead atoms. The highest BCUT2D eigenvalue weighted by Crippen LogP contribution is 2.23. The zero-order valence-electron chi connectivity index (χ0n) is 13.7. The quantitative estimate of drug-likeness (QED) is 0.602. The molecule has 0 aromatic heterocycles. The van der Waals surface area contributed by atoms with Crippen molar-refractivity contribution in [1.82, 2.24) is 10.2 Å². The van der Waals surface area contributed by atoms with Gasteiger partial charge < -0.3 is 20.1 Å². The first-order valence-electron chi connectivity index (χ1n) is 7.42. The van der Waals surface area contributed by atoms with Crippen LogP contribution in [0.25, 0.3) is 0 Å². The largest absolute Gasteiger partial charge is 0.389 e. The summed E-state index contributed by atoms with van der Waals surface area (Å²) in [6.45, 7) is 12.0. The van der Waals surface area contributed by atoms with Gasteiger partial charge in [0.15, 0.2) is 0 Å². The van der Waals surface area contributed by atoms with E-state index in [1.54, 1.807) is 7.11 Å². The minimum Gasteiger partial charge on any atom is -0.389 e. The maximum atomic E-state index is 9.78. The third-order valence-corrected chi connectivity index (χ3v) is 3.32. The molecule has 0 aliphatic rings. The van der Waals surface area contributed by atoms with Crippen molar-refractivity contribution in [3.8, 4) is 0 Å². The molecule has 116 valence electrons. The number of nitrogens with one attached hydrogen (secondary N) is 1. The van der Waals surface area contributed by atoms with E-state index in [2.05, 4.69) is 45.0 Å². The average Bonchev–Trinajstić information content (AvgIpc) is 2.26. The first kappa shape index (κ1) is 18.8. The molecule has 2 atom stereocenters. The Bertz CT molecular complexity index is 224. The lowest BCUT2D eigenvalue weighted by molar-refractivity contribution is 0.0336. The molecule has 0 fully saturated rings. The van der Waals surface area contributed by atoms with Crippen LogP contribution in [0.15, 0.2) is 0 Å². The van der Waals surface area contributed by atoms with Gasteiger partial charge in [0.25, 0.3) is 0 Å². The van der Waals surface area contributed by atoms with E-state index < -0.39 is 6.10 Å². The maximum absolute atomic E-state index is 9.78. The van der Waals surface area contributed by atoms with Crippen molar-refractivity contribution in [2.24, 2.45) is 5.41 Å². The monoisotopic (exact) mass is 274 g/mol. The SMILES string of the molecule is CCCC(C)(CNC(C)C)CN(C)CC(O)COC. The van der Waals surface area contributed by atoms with Gasteiger partial charge in [-0.25, -0.2) is 0 Å². The second kappa shape index (κ2) is 9.70. The Balaban J connectivity index is 4.29. The highest BCUT2D eigenvalue weighted by molar-refractivity contribution is 4.81. The zero-order chi connectivity index (χ0) is 14.9. The van der Waals surface area contributed by atoms with Gasteiger partial charge in [0.05, 0.1) is 12.7 Å². The highest BCUT2D eigenvalue weighted by Gasteiger charge is 2.25. The molecular formula is C15H34N2O2. The molecule has 19 heavy (non-hydrogen) atoms. The number of methoxy groups -OCH3 is 1. The van der Waals surface area contributed by atoms with Crippen LogP contribution in [0.4, 0.5) is 0 Å². The Hall–Kier alpha value is -0.160. The van der Waals surface area contributed by atoms with Crippen molar-refractivity contribution in [3.63, 3.8) is 0 Å². The summed E-state index contributed by atoms with van der Waals surface area (Å²) in [5.74, 6) is 0. The van der Waals surface area contributed by atoms with Crippen molar-refractivity contribution in [2.75, 3.05) is 40.4 Å². The summed E-state index contributed by atoms with van der Waals surface area (Å²) >= 11 is 0. The lowest BCUT2D eigenvalue weighted by Gasteiger charge is -2.35. The van der Waals surface area contributed by atoms with Gasteiger partial charge in [0.2, 0.25) is 0 Å². The fourth-order valence-corrected chi connectivity index (χ4v) is 2.60. The molecule has 0 saturated heterocycles. The minimum absolute atomic E-state index is 0.251. The number of hydrogen-bond acceptors (Lipinski definition) is 4. The summed E-state index contributed by atoms with van der Waals surface area (Å²) in [5, 5.41) is 13.3. The normalized spacial score (nSPS) is 16.9. The van der Waals surface area contributed by atoms with Crippen LogP contribution in [-0.4, -0.2) is 62.6 Å². The number of ether oxygens (including phenoxy) is 1. The maximum Gasteiger partial charge on any atom is 0.0899 e. The Morgan fingerprint density at radius 3 is 2.47 bits per heavy atom. The molecule has 0 amide bonds. The van der Waals surface area contributed by atoms with E-state index in [9.17, 15) is 5.11 Å². The molecule has 2 unspecified atom stereocenters. The fraction of sp³-hybridized carbons (Fsp3) is 1.00. The summed E-state index contributed by atoms with van der Waals surface area (Å²) in [5.41, 5.74) is 0.251. The Morgan fingerprint density at radius 2 is 2.00 bits per heavy atom. The van der Waals surface area contributed by atoms with E-state index in [-0.39, 0.29) is 5.41 Å². The molecule has 0 aliphatic carbocycles. The number of aliphatic hydroxyl groups excluding tert-OH is 1. The van der Waals surface area contributed by atoms with E-state index in [1.165, 1.54) is 12.8 Å². The predicted octanol–water partition coefficient (Wildman–Crippen LogP) is 1.73. The first-order chi connectivity index (χ1) is 8.83. The van der Waals surface area contributed by atoms with Gasteiger partial charge in [-0.2, -0.15) is 0 Å². The Kier molecular flexibility index (Phi) is 9.62. The Morgan fingerprint density at radius 1 is 1.37 bits per heavy atom. The molecule has 0 aliphatic heterocycles. The molecule has 4 nitrogen and oxygen atoms in total. The van der Waals surface area contributed by atoms with Crippen LogP contribution < -0.4 is 5.32 Å². The van der Waals surface area contributed by atoms with E-state index in [4.69, 9.17) is 4.74 Å². The van der Waals surface area contributed by atoms with Crippen LogP contribution >= 0.6 is 0 Å². The molecule has 0 spiro atoms. The van der Waals surface area contributed by atoms with Gasteiger partial charge in [-0.1, -0.05) is 34.1 Å². The van der Waals surface area contributed by atoms with Crippen molar-refractivity contribution in [3.05, 3.63) is 0 Å². The topological polar surface area (TPSA) is 44.7 Å². The first-order valence-corrected chi connectivity index (χ1v) is 7.42. The van der Waals surface area contributed by atoms with Gasteiger partial charge >= 0.3 is 0 Å². The summed E-state index contributed by atoms with van der Waals surface area (Å²) in [6.07, 6.45) is 1.97. The smallest absolute Gasteiger partial charge is 0.0899 e. The van der Waals surface area contributed by atoms with Crippen LogP contribution in [0.2, 0.25) is 0 Å². The molecule has 0 aromatic rings. The predicted molar refractivity (Wildman–Crippen MR) is 81.5 cm³/mol. The van der Waals surface area contributed by atoms with Gasteiger partial charge in [0, 0.05) is 32.8 Å². The second-order valence-electron chi connectivity index (χ2n) is 6.40. The third-order valence-electron chi connectivity index (χ3n) is 3.32. The summed E-state index contributed by atoms with van der Waals surface area (Å²) in [4.78, 5) is 2.21. The number of likely N-dealkylation sites (N-methyl/N-ethyl adjacent to an activating group) is 1. The summed E-state index contributed by atoms with van der Waals surface area (Å²) in [7, 11) is 3.69. The highest BCUT2D eigenvalue weighted by atomic mass is 16.5. The zero-order valence-corrected chi connectivity index (χ0v) is 13.7. The molecular weight excluding hydrogens is 240 g/mol. The number of nitrogens with zero attached hydrogens (tertiary/aromatic N) is 1. The third kappa shape index (κ3) is 9.38. The van der Waals surface area contributed by atoms with E-state index >= 15 is 0 Å². The lowest BCUT2D eigenvalue weighted by Crippen LogP contribution is -2.45. The fourth-order valence-electron chi connectivity index (χ4n) is 2.60.